The van der Waals surface area contributed by atoms with E-state index >= 15 is 0 Å². The largest absolute Gasteiger partial charge is 0.486 e. The van der Waals surface area contributed by atoms with Gasteiger partial charge in [-0.15, -0.1) is 0 Å². The van der Waals surface area contributed by atoms with Crippen LogP contribution in [0.5, 0.6) is 5.75 Å². The van der Waals surface area contributed by atoms with Crippen LogP contribution in [0.2, 0.25) is 5.02 Å². The molecule has 1 radical (unpaired) electrons. The normalized spacial score (nSPS) is 16.7. The number of benzene rings is 2. The van der Waals surface area contributed by atoms with Crippen molar-refractivity contribution >= 4 is 11.6 Å². The predicted molar refractivity (Wildman–Crippen MR) is 110 cm³/mol. The Morgan fingerprint density at radius 3 is 2.22 bits per heavy atom. The van der Waals surface area contributed by atoms with Gasteiger partial charge in [-0.1, -0.05) is 60.5 Å². The minimum atomic E-state index is 0. The van der Waals surface area contributed by atoms with Crippen LogP contribution in [-0.2, 0) is 39.3 Å². The molecule has 0 unspecified atom stereocenters. The number of para-hydroxylation sites is 1. The molecule has 2 aromatic carbocycles. The second kappa shape index (κ2) is 11.6. The molecule has 2 nitrogen and oxygen atoms in total. The molecule has 0 atom stereocenters. The van der Waals surface area contributed by atoms with Gasteiger partial charge in [-0.25, -0.2) is 0 Å². The second-order valence-corrected chi connectivity index (χ2v) is 8.07. The molecule has 3 rings (SSSR count). The number of ether oxygens (including phenoxy) is 1. The molecule has 0 N–H and O–H groups in total. The van der Waals surface area contributed by atoms with Crippen LogP contribution in [0.25, 0.3) is 0 Å². The smallest absolute Gasteiger partial charge is 0.141 e. The molecule has 4 heteroatoms. The van der Waals surface area contributed by atoms with Gasteiger partial charge in [0, 0.05) is 38.3 Å². The average Bonchev–Trinajstić information content (AvgIpc) is 2.62. The monoisotopic (exact) mass is 461 g/mol. The summed E-state index contributed by atoms with van der Waals surface area (Å²) >= 11 is 6.33. The second-order valence-electron chi connectivity index (χ2n) is 7.66. The molecule has 143 valence electrons. The maximum absolute atomic E-state index is 6.33. The number of aryl methyl sites for hydroxylation is 1. The maximum Gasteiger partial charge on any atom is 0.141 e. The number of hydrogen-bond donors (Lipinski definition) is 0. The molecule has 0 saturated carbocycles. The first-order valence-corrected chi connectivity index (χ1v) is 10.3. The van der Waals surface area contributed by atoms with Crippen LogP contribution >= 0.6 is 11.6 Å². The predicted octanol–water partition coefficient (Wildman–Crippen LogP) is 6.01. The summed E-state index contributed by atoms with van der Waals surface area (Å²) in [6, 6.07) is 16.9. The minimum absolute atomic E-state index is 0. The van der Waals surface area contributed by atoms with E-state index in [4.69, 9.17) is 16.3 Å². The molecule has 1 aliphatic heterocycles. The number of hydrogen-bond acceptors (Lipinski definition) is 1. The summed E-state index contributed by atoms with van der Waals surface area (Å²) in [6.45, 7) is 7.42. The van der Waals surface area contributed by atoms with E-state index in [1.807, 2.05) is 12.1 Å². The van der Waals surface area contributed by atoms with Gasteiger partial charge in [-0.3, -0.25) is 0 Å². The van der Waals surface area contributed by atoms with Crippen LogP contribution in [0.15, 0.2) is 48.5 Å². The third-order valence-electron chi connectivity index (χ3n) is 5.60. The van der Waals surface area contributed by atoms with E-state index in [0.29, 0.717) is 5.02 Å². The van der Waals surface area contributed by atoms with Crippen molar-refractivity contribution in [2.24, 2.45) is 0 Å². The Balaban J connectivity index is 0.00000261. The number of quaternary nitrogens is 1. The number of halogens is 1. The number of likely N-dealkylation sites (tertiary alicyclic amines) is 1. The van der Waals surface area contributed by atoms with Crippen LogP contribution in [0.4, 0.5) is 0 Å². The fraction of sp³-hybridized carbons (Fsp3) is 0.478. The van der Waals surface area contributed by atoms with Gasteiger partial charge in [-0.2, -0.15) is 0 Å². The van der Waals surface area contributed by atoms with E-state index in [2.05, 4.69) is 43.3 Å². The van der Waals surface area contributed by atoms with Gasteiger partial charge in [0.25, 0.3) is 0 Å². The van der Waals surface area contributed by atoms with Gasteiger partial charge in [0.15, 0.2) is 0 Å². The van der Waals surface area contributed by atoms with Crippen molar-refractivity contribution in [2.45, 2.75) is 45.6 Å². The Morgan fingerprint density at radius 2 is 1.56 bits per heavy atom. The van der Waals surface area contributed by atoms with E-state index in [-0.39, 0.29) is 32.7 Å². The zero-order valence-corrected chi connectivity index (χ0v) is 20.1. The molecule has 0 aliphatic carbocycles. The van der Waals surface area contributed by atoms with Crippen molar-refractivity contribution < 1.29 is 41.9 Å². The first kappa shape index (κ1) is 22.9. The van der Waals surface area contributed by atoms with Crippen LogP contribution < -0.4 is 4.74 Å². The van der Waals surface area contributed by atoms with Crippen molar-refractivity contribution in [2.75, 3.05) is 26.2 Å². The number of rotatable bonds is 6. The first-order chi connectivity index (χ1) is 12.7. The topological polar surface area (TPSA) is 9.23 Å². The van der Waals surface area contributed by atoms with Crippen LogP contribution in [0.1, 0.15) is 43.2 Å². The summed E-state index contributed by atoms with van der Waals surface area (Å²) in [6.07, 6.45) is 6.75. The molecule has 0 amide bonds. The summed E-state index contributed by atoms with van der Waals surface area (Å²) in [7, 11) is 0. The van der Waals surface area contributed by atoms with Gasteiger partial charge < -0.3 is 9.22 Å². The molecule has 1 saturated heterocycles. The Hall–Kier alpha value is -0.406. The first-order valence-electron chi connectivity index (χ1n) is 9.95. The summed E-state index contributed by atoms with van der Waals surface area (Å²) in [5.74, 6) is 0.846. The molecule has 1 fully saturated rings. The summed E-state index contributed by atoms with van der Waals surface area (Å²) in [5, 5.41) is 0.715. The molecule has 0 spiro atoms. The fourth-order valence-electron chi connectivity index (χ4n) is 4.11. The van der Waals surface area contributed by atoms with Crippen molar-refractivity contribution in [3.05, 3.63) is 64.7 Å². The van der Waals surface area contributed by atoms with E-state index in [0.717, 1.165) is 35.5 Å². The summed E-state index contributed by atoms with van der Waals surface area (Å²) in [5.41, 5.74) is 2.54. The molecular formula is C23H31ClNOY+. The van der Waals surface area contributed by atoms with E-state index < -0.39 is 0 Å². The fourth-order valence-corrected chi connectivity index (χ4v) is 4.39. The van der Waals surface area contributed by atoms with Crippen LogP contribution in [-0.4, -0.2) is 30.7 Å². The van der Waals surface area contributed by atoms with Gasteiger partial charge >= 0.3 is 0 Å². The molecule has 2 aromatic rings. The Morgan fingerprint density at radius 1 is 0.889 bits per heavy atom. The third-order valence-corrected chi connectivity index (χ3v) is 5.90. The molecule has 1 heterocycles. The van der Waals surface area contributed by atoms with Crippen LogP contribution in [0.3, 0.4) is 0 Å². The van der Waals surface area contributed by atoms with E-state index in [1.165, 1.54) is 50.8 Å². The zero-order valence-electron chi connectivity index (χ0n) is 16.5. The Kier molecular flexibility index (Phi) is 9.80. The summed E-state index contributed by atoms with van der Waals surface area (Å²) < 4.78 is 7.29. The average molecular weight is 462 g/mol. The standard InChI is InChI=1S/C23H31ClNO.Y/c1-20-11-10-14-22(24)23(20)26-18-17-25(15-8-3-2-4-9-16-25)19-21-12-6-5-7-13-21;/h5-7,10-14H,2-4,8-9,15-19H2,1H3;/q+1;. The SMILES string of the molecule is Cc1cccc(Cl)c1OCC[N+]1(Cc2ccccc2)CCCCCCC1.[Y]. The van der Waals surface area contributed by atoms with Crippen molar-refractivity contribution in [1.82, 2.24) is 0 Å². The third kappa shape index (κ3) is 6.85. The minimum Gasteiger partial charge on any atom is -0.486 e. The molecular weight excluding hydrogens is 431 g/mol. The molecule has 27 heavy (non-hydrogen) atoms. The van der Waals surface area contributed by atoms with Gasteiger partial charge in [0.1, 0.15) is 25.4 Å². The van der Waals surface area contributed by atoms with Crippen molar-refractivity contribution in [3.8, 4) is 5.75 Å². The molecule has 0 aromatic heterocycles. The molecule has 0 bridgehead atoms. The van der Waals surface area contributed by atoms with Gasteiger partial charge in [-0.05, 0) is 44.2 Å². The van der Waals surface area contributed by atoms with E-state index in [9.17, 15) is 0 Å². The Labute approximate surface area is 194 Å². The van der Waals surface area contributed by atoms with Crippen molar-refractivity contribution in [3.63, 3.8) is 0 Å². The van der Waals surface area contributed by atoms with Gasteiger partial charge in [0.2, 0.25) is 0 Å². The van der Waals surface area contributed by atoms with Gasteiger partial charge in [0.05, 0.1) is 18.1 Å². The van der Waals surface area contributed by atoms with E-state index in [1.54, 1.807) is 0 Å². The number of nitrogens with zero attached hydrogens (tertiary/aromatic N) is 1. The van der Waals surface area contributed by atoms with Crippen molar-refractivity contribution in [1.29, 1.82) is 0 Å². The molecule has 1 aliphatic rings. The maximum atomic E-state index is 6.33. The summed E-state index contributed by atoms with van der Waals surface area (Å²) in [4.78, 5) is 0. The zero-order chi connectivity index (χ0) is 18.2. The Bertz CT molecular complexity index is 664. The quantitative estimate of drug-likeness (QED) is 0.479. The van der Waals surface area contributed by atoms with Crippen LogP contribution in [0, 0.1) is 6.92 Å².